The molecule has 2 aliphatic rings. The molecule has 0 saturated heterocycles. The summed E-state index contributed by atoms with van der Waals surface area (Å²) < 4.78 is 5.55. The first-order valence-corrected chi connectivity index (χ1v) is 11.7. The van der Waals surface area contributed by atoms with Gasteiger partial charge in [-0.15, -0.1) is 0 Å². The summed E-state index contributed by atoms with van der Waals surface area (Å²) in [6.07, 6.45) is 1.36. The second-order valence-corrected chi connectivity index (χ2v) is 9.08. The Morgan fingerprint density at radius 1 is 0.971 bits per heavy atom. The van der Waals surface area contributed by atoms with Crippen LogP contribution in [0.15, 0.2) is 48.5 Å². The summed E-state index contributed by atoms with van der Waals surface area (Å²) in [5.41, 5.74) is 4.70. The molecule has 0 spiro atoms. The van der Waals surface area contributed by atoms with Crippen LogP contribution in [0.1, 0.15) is 42.7 Å². The molecule has 0 heterocycles. The van der Waals surface area contributed by atoms with Crippen molar-refractivity contribution in [3.63, 3.8) is 0 Å². The van der Waals surface area contributed by atoms with E-state index < -0.39 is 18.1 Å². The summed E-state index contributed by atoms with van der Waals surface area (Å²) in [7, 11) is 0. The Kier molecular flexibility index (Phi) is 7.47. The summed E-state index contributed by atoms with van der Waals surface area (Å²) in [6.45, 7) is 0.452. The van der Waals surface area contributed by atoms with Gasteiger partial charge in [0.05, 0.1) is 0 Å². The number of aliphatic hydroxyl groups is 1. The van der Waals surface area contributed by atoms with Crippen LogP contribution in [0.4, 0.5) is 4.79 Å². The molecular weight excluding hydrogens is 436 g/mol. The third-order valence-electron chi connectivity index (χ3n) is 6.74. The number of fused-ring (bicyclic) bond motifs is 3. The van der Waals surface area contributed by atoms with E-state index in [4.69, 9.17) is 14.9 Å². The number of carbonyl (C=O) groups is 3. The number of ether oxygens (including phenoxy) is 1. The fourth-order valence-corrected chi connectivity index (χ4v) is 4.99. The maximum atomic E-state index is 12.3. The number of aliphatic carboxylic acids is 1. The number of alkyl carbamates (subject to hydrolysis) is 1. The molecule has 8 nitrogen and oxygen atoms in total. The smallest absolute Gasteiger partial charge is 0.407 e. The van der Waals surface area contributed by atoms with Crippen molar-refractivity contribution in [1.29, 1.82) is 0 Å². The molecule has 0 bridgehead atoms. The number of rotatable bonds is 10. The normalized spacial score (nSPS) is 19.3. The number of amides is 2. The van der Waals surface area contributed by atoms with Crippen LogP contribution in [-0.2, 0) is 14.3 Å². The fraction of sp³-hybridized carbons (Fsp3) is 0.423. The molecule has 2 aromatic rings. The van der Waals surface area contributed by atoms with Crippen molar-refractivity contribution in [2.45, 2.75) is 37.6 Å². The van der Waals surface area contributed by atoms with Gasteiger partial charge in [0.25, 0.3) is 0 Å². The zero-order chi connectivity index (χ0) is 24.1. The number of carboxylic acids is 1. The number of benzene rings is 2. The van der Waals surface area contributed by atoms with Crippen LogP contribution < -0.4 is 10.6 Å². The number of hydrogen-bond donors (Lipinski definition) is 4. The van der Waals surface area contributed by atoms with Gasteiger partial charge < -0.3 is 25.6 Å². The lowest BCUT2D eigenvalue weighted by atomic mass is 9.73. The Morgan fingerprint density at radius 2 is 1.59 bits per heavy atom. The summed E-state index contributed by atoms with van der Waals surface area (Å²) >= 11 is 0. The zero-order valence-corrected chi connectivity index (χ0v) is 18.9. The fourth-order valence-electron chi connectivity index (χ4n) is 4.99. The highest BCUT2D eigenvalue weighted by Crippen LogP contribution is 2.44. The lowest BCUT2D eigenvalue weighted by Crippen LogP contribution is -2.43. The third kappa shape index (κ3) is 5.39. The Morgan fingerprint density at radius 3 is 2.18 bits per heavy atom. The molecule has 2 amide bonds. The molecule has 1 saturated carbocycles. The van der Waals surface area contributed by atoms with Gasteiger partial charge in [-0.3, -0.25) is 4.79 Å². The molecular formula is C26H30N2O6. The van der Waals surface area contributed by atoms with Crippen molar-refractivity contribution in [3.8, 4) is 11.1 Å². The van der Waals surface area contributed by atoms with Crippen LogP contribution >= 0.6 is 0 Å². The minimum atomic E-state index is -1.15. The molecule has 2 aliphatic carbocycles. The highest BCUT2D eigenvalue weighted by Gasteiger charge is 2.32. The van der Waals surface area contributed by atoms with Gasteiger partial charge in [-0.25, -0.2) is 9.59 Å². The molecule has 0 aromatic heterocycles. The molecule has 34 heavy (non-hydrogen) atoms. The molecule has 8 heteroatoms. The number of carboxylic acid groups (broad SMARTS) is 1. The average Bonchev–Trinajstić information content (AvgIpc) is 3.12. The van der Waals surface area contributed by atoms with Crippen molar-refractivity contribution in [3.05, 3.63) is 59.7 Å². The minimum absolute atomic E-state index is 0.0155. The van der Waals surface area contributed by atoms with Crippen molar-refractivity contribution in [1.82, 2.24) is 10.6 Å². The van der Waals surface area contributed by atoms with Gasteiger partial charge in [0, 0.05) is 31.9 Å². The number of hydrogen-bond acceptors (Lipinski definition) is 5. The lowest BCUT2D eigenvalue weighted by molar-refractivity contribution is -0.142. The molecule has 1 atom stereocenters. The molecule has 0 aliphatic heterocycles. The maximum absolute atomic E-state index is 12.3. The Bertz CT molecular complexity index is 1000. The third-order valence-corrected chi connectivity index (χ3v) is 6.74. The number of carbonyl (C=O) groups excluding carboxylic acids is 2. The van der Waals surface area contributed by atoms with E-state index in [1.54, 1.807) is 0 Å². The Hall–Kier alpha value is -3.39. The molecule has 1 unspecified atom stereocenters. The van der Waals surface area contributed by atoms with E-state index >= 15 is 0 Å². The quantitative estimate of drug-likeness (QED) is 0.427. The van der Waals surface area contributed by atoms with Crippen molar-refractivity contribution in [2.75, 3.05) is 19.8 Å². The second kappa shape index (κ2) is 10.7. The standard InChI is InChI=1S/C26H30N2O6/c29-10-9-23(25(31)32)28-24(30)13-16-11-17(12-16)14-27-26(33)34-15-22-20-7-3-1-5-18(20)19-6-2-4-8-21(19)22/h1-8,16-17,22-23,29H,9-15H2,(H,27,33)(H,28,30)(H,31,32). The van der Waals surface area contributed by atoms with E-state index in [0.717, 1.165) is 12.8 Å². The predicted molar refractivity (Wildman–Crippen MR) is 125 cm³/mol. The second-order valence-electron chi connectivity index (χ2n) is 9.08. The molecule has 4 rings (SSSR count). The summed E-state index contributed by atoms with van der Waals surface area (Å²) in [5.74, 6) is -1.02. The highest BCUT2D eigenvalue weighted by molar-refractivity contribution is 5.83. The zero-order valence-electron chi connectivity index (χ0n) is 18.9. The van der Waals surface area contributed by atoms with Gasteiger partial charge in [-0.1, -0.05) is 48.5 Å². The maximum Gasteiger partial charge on any atom is 0.407 e. The summed E-state index contributed by atoms with van der Waals surface area (Å²) in [4.78, 5) is 35.4. The monoisotopic (exact) mass is 466 g/mol. The van der Waals surface area contributed by atoms with Crippen molar-refractivity contribution >= 4 is 18.0 Å². The van der Waals surface area contributed by atoms with E-state index in [2.05, 4.69) is 34.9 Å². The molecule has 0 radical (unpaired) electrons. The first-order valence-electron chi connectivity index (χ1n) is 11.7. The van der Waals surface area contributed by atoms with E-state index in [0.29, 0.717) is 6.54 Å². The highest BCUT2D eigenvalue weighted by atomic mass is 16.5. The topological polar surface area (TPSA) is 125 Å². The summed E-state index contributed by atoms with van der Waals surface area (Å²) in [6, 6.07) is 15.3. The average molecular weight is 467 g/mol. The molecule has 1 fully saturated rings. The van der Waals surface area contributed by atoms with Crippen molar-refractivity contribution < 1.29 is 29.3 Å². The van der Waals surface area contributed by atoms with E-state index in [1.807, 2.05) is 24.3 Å². The first-order chi connectivity index (χ1) is 16.5. The lowest BCUT2D eigenvalue weighted by Gasteiger charge is -2.35. The van der Waals surface area contributed by atoms with Gasteiger partial charge in [0.1, 0.15) is 12.6 Å². The molecule has 4 N–H and O–H groups in total. The minimum Gasteiger partial charge on any atom is -0.480 e. The predicted octanol–water partition coefficient (Wildman–Crippen LogP) is 2.89. The van der Waals surface area contributed by atoms with Gasteiger partial charge in [0.2, 0.25) is 5.91 Å². The van der Waals surface area contributed by atoms with Gasteiger partial charge >= 0.3 is 12.1 Å². The van der Waals surface area contributed by atoms with Gasteiger partial charge in [-0.05, 0) is 46.9 Å². The van der Waals surface area contributed by atoms with Crippen LogP contribution in [0.2, 0.25) is 0 Å². The Balaban J connectivity index is 1.17. The van der Waals surface area contributed by atoms with Crippen LogP contribution in [0, 0.1) is 11.8 Å². The number of nitrogens with one attached hydrogen (secondary N) is 2. The van der Waals surface area contributed by atoms with E-state index in [-0.39, 0.29) is 49.7 Å². The van der Waals surface area contributed by atoms with Gasteiger partial charge in [0.15, 0.2) is 0 Å². The van der Waals surface area contributed by atoms with E-state index in [9.17, 15) is 14.4 Å². The van der Waals surface area contributed by atoms with Crippen LogP contribution in [0.5, 0.6) is 0 Å². The van der Waals surface area contributed by atoms with Crippen LogP contribution in [0.3, 0.4) is 0 Å². The van der Waals surface area contributed by atoms with Gasteiger partial charge in [-0.2, -0.15) is 0 Å². The molecule has 180 valence electrons. The summed E-state index contributed by atoms with van der Waals surface area (Å²) in [5, 5.41) is 23.2. The van der Waals surface area contributed by atoms with E-state index in [1.165, 1.54) is 22.3 Å². The largest absolute Gasteiger partial charge is 0.480 e. The van der Waals surface area contributed by atoms with Crippen LogP contribution in [-0.4, -0.2) is 54.0 Å². The van der Waals surface area contributed by atoms with Crippen LogP contribution in [0.25, 0.3) is 11.1 Å². The molecule has 2 aromatic carbocycles. The Labute approximate surface area is 198 Å². The van der Waals surface area contributed by atoms with Crippen molar-refractivity contribution in [2.24, 2.45) is 11.8 Å². The first kappa shape index (κ1) is 23.8. The SMILES string of the molecule is O=C(CC1CC(CNC(=O)OCC2c3ccccc3-c3ccccc32)C1)NC(CCO)C(=O)O. The number of aliphatic hydroxyl groups excluding tert-OH is 1.